The number of aliphatic hydroxyl groups excluding tert-OH is 1. The Kier molecular flexibility index (Phi) is 5.52. The zero-order valence-electron chi connectivity index (χ0n) is 11.0. The standard InChI is InChI=1S/C14H17N3O2S/c18-8-4-7-15-14(19)16-9-12-10-20-13(17-12)11-5-2-1-3-6-11/h1-3,5-6,10,18H,4,7-9H2,(H2,15,16,19). The maximum atomic E-state index is 11.4. The quantitative estimate of drug-likeness (QED) is 0.713. The predicted octanol–water partition coefficient (Wildman–Crippen LogP) is 1.99. The van der Waals surface area contributed by atoms with Gasteiger partial charge in [0, 0.05) is 24.1 Å². The Labute approximate surface area is 121 Å². The summed E-state index contributed by atoms with van der Waals surface area (Å²) in [5.74, 6) is 0. The normalized spacial score (nSPS) is 10.2. The molecule has 1 heterocycles. The summed E-state index contributed by atoms with van der Waals surface area (Å²) in [6.07, 6.45) is 0.558. The Hall–Kier alpha value is -1.92. The Morgan fingerprint density at radius 1 is 1.25 bits per heavy atom. The average Bonchev–Trinajstić information content (AvgIpc) is 2.95. The number of nitrogens with zero attached hydrogens (tertiary/aromatic N) is 1. The lowest BCUT2D eigenvalue weighted by atomic mass is 10.2. The minimum atomic E-state index is -0.243. The summed E-state index contributed by atoms with van der Waals surface area (Å²) in [6, 6.07) is 9.70. The molecular weight excluding hydrogens is 274 g/mol. The summed E-state index contributed by atoms with van der Waals surface area (Å²) >= 11 is 1.56. The summed E-state index contributed by atoms with van der Waals surface area (Å²) in [6.45, 7) is 0.940. The number of rotatable bonds is 6. The Balaban J connectivity index is 1.83. The van der Waals surface area contributed by atoms with E-state index in [2.05, 4.69) is 15.6 Å². The van der Waals surface area contributed by atoms with Crippen LogP contribution in [0.3, 0.4) is 0 Å². The summed E-state index contributed by atoms with van der Waals surface area (Å²) in [5, 5.41) is 16.9. The van der Waals surface area contributed by atoms with Crippen LogP contribution in [0.5, 0.6) is 0 Å². The van der Waals surface area contributed by atoms with Crippen molar-refractivity contribution in [2.24, 2.45) is 0 Å². The molecule has 106 valence electrons. The van der Waals surface area contributed by atoms with Crippen molar-refractivity contribution in [3.8, 4) is 10.6 Å². The molecule has 0 spiro atoms. The van der Waals surface area contributed by atoms with Crippen LogP contribution in [0.15, 0.2) is 35.7 Å². The van der Waals surface area contributed by atoms with E-state index in [9.17, 15) is 4.79 Å². The molecule has 1 aromatic carbocycles. The van der Waals surface area contributed by atoms with E-state index in [4.69, 9.17) is 5.11 Å². The zero-order chi connectivity index (χ0) is 14.2. The molecule has 0 aliphatic carbocycles. The molecule has 2 rings (SSSR count). The van der Waals surface area contributed by atoms with Gasteiger partial charge in [0.1, 0.15) is 5.01 Å². The molecular formula is C14H17N3O2S. The summed E-state index contributed by atoms with van der Waals surface area (Å²) in [7, 11) is 0. The highest BCUT2D eigenvalue weighted by Crippen LogP contribution is 2.22. The number of carbonyl (C=O) groups excluding carboxylic acids is 1. The van der Waals surface area contributed by atoms with Gasteiger partial charge in [-0.3, -0.25) is 0 Å². The van der Waals surface area contributed by atoms with Gasteiger partial charge in [-0.2, -0.15) is 0 Å². The maximum Gasteiger partial charge on any atom is 0.315 e. The lowest BCUT2D eigenvalue weighted by Crippen LogP contribution is -2.35. The van der Waals surface area contributed by atoms with Crippen molar-refractivity contribution in [1.29, 1.82) is 0 Å². The van der Waals surface area contributed by atoms with Crippen LogP contribution in [0.25, 0.3) is 10.6 Å². The second kappa shape index (κ2) is 7.62. The SMILES string of the molecule is O=C(NCCCO)NCc1csc(-c2ccccc2)n1. The van der Waals surface area contributed by atoms with Crippen LogP contribution in [0.2, 0.25) is 0 Å². The van der Waals surface area contributed by atoms with Gasteiger partial charge in [0.25, 0.3) is 0 Å². The fourth-order valence-corrected chi connectivity index (χ4v) is 2.44. The van der Waals surface area contributed by atoms with Crippen LogP contribution in [-0.2, 0) is 6.54 Å². The summed E-state index contributed by atoms with van der Waals surface area (Å²) in [4.78, 5) is 15.9. The van der Waals surface area contributed by atoms with Gasteiger partial charge in [0.2, 0.25) is 0 Å². The monoisotopic (exact) mass is 291 g/mol. The molecule has 5 nitrogen and oxygen atoms in total. The molecule has 6 heteroatoms. The van der Waals surface area contributed by atoms with Gasteiger partial charge in [-0.1, -0.05) is 30.3 Å². The molecule has 0 saturated carbocycles. The fourth-order valence-electron chi connectivity index (χ4n) is 1.62. The van der Waals surface area contributed by atoms with Crippen molar-refractivity contribution >= 4 is 17.4 Å². The summed E-state index contributed by atoms with van der Waals surface area (Å²) < 4.78 is 0. The van der Waals surface area contributed by atoms with E-state index in [-0.39, 0.29) is 12.6 Å². The lowest BCUT2D eigenvalue weighted by molar-refractivity contribution is 0.237. The van der Waals surface area contributed by atoms with Crippen LogP contribution in [0.4, 0.5) is 4.79 Å². The first-order chi connectivity index (χ1) is 9.79. The van der Waals surface area contributed by atoms with Crippen LogP contribution >= 0.6 is 11.3 Å². The Morgan fingerprint density at radius 2 is 2.05 bits per heavy atom. The lowest BCUT2D eigenvalue weighted by Gasteiger charge is -2.05. The molecule has 0 radical (unpaired) electrons. The van der Waals surface area contributed by atoms with Gasteiger partial charge in [-0.15, -0.1) is 11.3 Å². The number of carbonyl (C=O) groups is 1. The molecule has 0 saturated heterocycles. The van der Waals surface area contributed by atoms with Crippen LogP contribution < -0.4 is 10.6 Å². The zero-order valence-corrected chi connectivity index (χ0v) is 11.8. The first-order valence-electron chi connectivity index (χ1n) is 6.42. The smallest absolute Gasteiger partial charge is 0.315 e. The van der Waals surface area contributed by atoms with E-state index in [1.165, 1.54) is 0 Å². The Bertz CT molecular complexity index is 542. The van der Waals surface area contributed by atoms with Gasteiger partial charge >= 0.3 is 6.03 Å². The maximum absolute atomic E-state index is 11.4. The summed E-state index contributed by atoms with van der Waals surface area (Å²) in [5.41, 5.74) is 1.92. The minimum absolute atomic E-state index is 0.0762. The first-order valence-corrected chi connectivity index (χ1v) is 7.30. The van der Waals surface area contributed by atoms with Crippen molar-refractivity contribution < 1.29 is 9.90 Å². The van der Waals surface area contributed by atoms with E-state index < -0.39 is 0 Å². The molecule has 0 unspecified atom stereocenters. The molecule has 1 aromatic heterocycles. The van der Waals surface area contributed by atoms with E-state index in [0.717, 1.165) is 16.3 Å². The van der Waals surface area contributed by atoms with E-state index >= 15 is 0 Å². The van der Waals surface area contributed by atoms with Crippen LogP contribution in [0, 0.1) is 0 Å². The van der Waals surface area contributed by atoms with Gasteiger partial charge in [-0.25, -0.2) is 9.78 Å². The molecule has 0 bridgehead atoms. The molecule has 0 aliphatic rings. The van der Waals surface area contributed by atoms with Crippen molar-refractivity contribution in [3.63, 3.8) is 0 Å². The van der Waals surface area contributed by atoms with Gasteiger partial charge in [0.15, 0.2) is 0 Å². The number of aromatic nitrogens is 1. The van der Waals surface area contributed by atoms with Crippen molar-refractivity contribution in [2.75, 3.05) is 13.2 Å². The average molecular weight is 291 g/mol. The first kappa shape index (κ1) is 14.5. The third kappa shape index (κ3) is 4.32. The number of benzene rings is 1. The van der Waals surface area contributed by atoms with E-state index in [1.54, 1.807) is 11.3 Å². The van der Waals surface area contributed by atoms with Crippen molar-refractivity contribution in [2.45, 2.75) is 13.0 Å². The molecule has 3 N–H and O–H groups in total. The topological polar surface area (TPSA) is 74.2 Å². The van der Waals surface area contributed by atoms with Gasteiger partial charge in [-0.05, 0) is 6.42 Å². The number of hydrogen-bond acceptors (Lipinski definition) is 4. The van der Waals surface area contributed by atoms with Crippen molar-refractivity contribution in [3.05, 3.63) is 41.4 Å². The highest BCUT2D eigenvalue weighted by atomic mass is 32.1. The largest absolute Gasteiger partial charge is 0.396 e. The minimum Gasteiger partial charge on any atom is -0.396 e. The Morgan fingerprint density at radius 3 is 2.80 bits per heavy atom. The van der Waals surface area contributed by atoms with Gasteiger partial charge < -0.3 is 15.7 Å². The molecule has 2 amide bonds. The van der Waals surface area contributed by atoms with Crippen LogP contribution in [-0.4, -0.2) is 29.3 Å². The number of hydrogen-bond donors (Lipinski definition) is 3. The fraction of sp³-hybridized carbons (Fsp3) is 0.286. The van der Waals surface area contributed by atoms with E-state index in [0.29, 0.717) is 19.5 Å². The third-order valence-corrected chi connectivity index (χ3v) is 3.56. The van der Waals surface area contributed by atoms with Crippen LogP contribution in [0.1, 0.15) is 12.1 Å². The third-order valence-electron chi connectivity index (χ3n) is 2.62. The predicted molar refractivity (Wildman–Crippen MR) is 79.5 cm³/mol. The number of amides is 2. The highest BCUT2D eigenvalue weighted by molar-refractivity contribution is 7.13. The number of nitrogens with one attached hydrogen (secondary N) is 2. The van der Waals surface area contributed by atoms with E-state index in [1.807, 2.05) is 35.7 Å². The second-order valence-electron chi connectivity index (χ2n) is 4.20. The number of aliphatic hydroxyl groups is 1. The number of urea groups is 1. The number of thiazole rings is 1. The molecule has 0 atom stereocenters. The second-order valence-corrected chi connectivity index (χ2v) is 5.05. The molecule has 20 heavy (non-hydrogen) atoms. The van der Waals surface area contributed by atoms with Crippen molar-refractivity contribution in [1.82, 2.24) is 15.6 Å². The molecule has 0 fully saturated rings. The molecule has 2 aromatic rings. The molecule has 0 aliphatic heterocycles. The van der Waals surface area contributed by atoms with Gasteiger partial charge in [0.05, 0.1) is 12.2 Å². The highest BCUT2D eigenvalue weighted by Gasteiger charge is 2.05.